The van der Waals surface area contributed by atoms with Gasteiger partial charge in [0.05, 0.1) is 4.75 Å². The molecule has 0 N–H and O–H groups in total. The highest BCUT2D eigenvalue weighted by atomic mass is 32.2. The van der Waals surface area contributed by atoms with Gasteiger partial charge >= 0.3 is 0 Å². The first-order valence-corrected chi connectivity index (χ1v) is 10.5. The second-order valence-electron chi connectivity index (χ2n) is 7.49. The molecule has 2 aromatic rings. The molecule has 1 aliphatic carbocycles. The maximum absolute atomic E-state index is 2.33. The molecule has 3 rings (SSSR count). The van der Waals surface area contributed by atoms with Crippen molar-refractivity contribution >= 4 is 11.8 Å². The van der Waals surface area contributed by atoms with E-state index in [9.17, 15) is 0 Å². The van der Waals surface area contributed by atoms with Gasteiger partial charge in [0.1, 0.15) is 0 Å². The lowest BCUT2D eigenvalue weighted by Crippen LogP contribution is -2.32. The zero-order valence-electron chi connectivity index (χ0n) is 15.7. The molecule has 0 saturated heterocycles. The molecule has 0 unspecified atom stereocenters. The Morgan fingerprint density at radius 2 is 1.36 bits per heavy atom. The molecule has 1 saturated carbocycles. The minimum Gasteiger partial charge on any atom is -0.309 e. The smallest absolute Gasteiger partial charge is 0.0671 e. The summed E-state index contributed by atoms with van der Waals surface area (Å²) in [7, 11) is 4.37. The monoisotopic (exact) mass is 353 g/mol. The Morgan fingerprint density at radius 1 is 0.840 bits per heavy atom. The molecule has 0 amide bonds. The number of benzene rings is 2. The second-order valence-corrected chi connectivity index (χ2v) is 9.09. The summed E-state index contributed by atoms with van der Waals surface area (Å²) >= 11 is 2.23. The number of nitrogens with zero attached hydrogens (tertiary/aromatic N) is 1. The van der Waals surface area contributed by atoms with Crippen LogP contribution in [0.25, 0.3) is 0 Å². The van der Waals surface area contributed by atoms with Crippen LogP contribution in [0.5, 0.6) is 0 Å². The Balaban J connectivity index is 2.02. The van der Waals surface area contributed by atoms with Gasteiger partial charge in [-0.2, -0.15) is 0 Å². The third-order valence-electron chi connectivity index (χ3n) is 5.31. The molecule has 134 valence electrons. The van der Waals surface area contributed by atoms with Gasteiger partial charge in [-0.3, -0.25) is 0 Å². The minimum absolute atomic E-state index is 0.0504. The lowest BCUT2D eigenvalue weighted by molar-refractivity contribution is 0.381. The molecule has 0 aliphatic heterocycles. The number of hydrogen-bond donors (Lipinski definition) is 0. The van der Waals surface area contributed by atoms with E-state index in [4.69, 9.17) is 0 Å². The van der Waals surface area contributed by atoms with Crippen LogP contribution in [-0.4, -0.2) is 30.8 Å². The van der Waals surface area contributed by atoms with Gasteiger partial charge in [-0.1, -0.05) is 79.9 Å². The van der Waals surface area contributed by atoms with Crippen molar-refractivity contribution in [1.82, 2.24) is 4.90 Å². The van der Waals surface area contributed by atoms with Crippen LogP contribution < -0.4 is 0 Å². The van der Waals surface area contributed by atoms with Gasteiger partial charge in [0.25, 0.3) is 0 Å². The molecule has 0 radical (unpaired) electrons. The van der Waals surface area contributed by atoms with Crippen molar-refractivity contribution in [1.29, 1.82) is 0 Å². The molecule has 1 fully saturated rings. The van der Waals surface area contributed by atoms with E-state index >= 15 is 0 Å². The summed E-state index contributed by atoms with van der Waals surface area (Å²) < 4.78 is 0.0504. The average molecular weight is 354 g/mol. The van der Waals surface area contributed by atoms with Crippen molar-refractivity contribution in [3.8, 4) is 0 Å². The van der Waals surface area contributed by atoms with Crippen molar-refractivity contribution < 1.29 is 0 Å². The van der Waals surface area contributed by atoms with E-state index in [1.165, 1.54) is 43.2 Å². The third kappa shape index (κ3) is 4.68. The van der Waals surface area contributed by atoms with E-state index in [0.717, 1.165) is 18.2 Å². The highest BCUT2D eigenvalue weighted by Crippen LogP contribution is 2.50. The molecule has 2 aromatic carbocycles. The van der Waals surface area contributed by atoms with Crippen molar-refractivity contribution in [3.05, 3.63) is 71.8 Å². The largest absolute Gasteiger partial charge is 0.309 e. The fourth-order valence-electron chi connectivity index (χ4n) is 3.91. The zero-order chi connectivity index (χ0) is 17.5. The lowest BCUT2D eigenvalue weighted by atomic mass is 9.87. The molecule has 1 nitrogen and oxygen atoms in total. The van der Waals surface area contributed by atoms with Crippen LogP contribution in [0.15, 0.2) is 60.7 Å². The maximum Gasteiger partial charge on any atom is 0.0671 e. The van der Waals surface area contributed by atoms with Gasteiger partial charge in [-0.25, -0.2) is 0 Å². The molecular weight excluding hydrogens is 322 g/mol. The number of rotatable bonds is 7. The normalized spacial score (nSPS) is 16.3. The summed E-state index contributed by atoms with van der Waals surface area (Å²) in [5, 5.41) is 0.774. The van der Waals surface area contributed by atoms with Gasteiger partial charge in [0, 0.05) is 5.25 Å². The summed E-state index contributed by atoms with van der Waals surface area (Å²) in [6.45, 7) is 1.10. The summed E-state index contributed by atoms with van der Waals surface area (Å²) in [4.78, 5) is 2.32. The predicted octanol–water partition coefficient (Wildman–Crippen LogP) is 5.95. The standard InChI is InChI=1S/C23H31NS/c1-24(2)19-18-23(20-12-6-3-7-13-20,21-14-8-4-9-15-21)25-22-16-10-5-11-17-22/h3-4,6-9,12-15,22H,5,10-11,16-19H2,1-2H3. The first-order chi connectivity index (χ1) is 12.2. The molecule has 0 atom stereocenters. The van der Waals surface area contributed by atoms with E-state index in [1.807, 2.05) is 0 Å². The summed E-state index contributed by atoms with van der Waals surface area (Å²) in [6.07, 6.45) is 8.09. The molecule has 0 spiro atoms. The van der Waals surface area contributed by atoms with Crippen LogP contribution in [-0.2, 0) is 4.75 Å². The predicted molar refractivity (Wildman–Crippen MR) is 111 cm³/mol. The van der Waals surface area contributed by atoms with Crippen LogP contribution in [0.2, 0.25) is 0 Å². The van der Waals surface area contributed by atoms with E-state index in [-0.39, 0.29) is 4.75 Å². The van der Waals surface area contributed by atoms with Gasteiger partial charge in [-0.15, -0.1) is 11.8 Å². The molecule has 25 heavy (non-hydrogen) atoms. The highest BCUT2D eigenvalue weighted by Gasteiger charge is 2.37. The van der Waals surface area contributed by atoms with Crippen molar-refractivity contribution in [2.45, 2.75) is 48.5 Å². The number of hydrogen-bond acceptors (Lipinski definition) is 2. The van der Waals surface area contributed by atoms with Crippen LogP contribution >= 0.6 is 11.8 Å². The molecule has 0 bridgehead atoms. The van der Waals surface area contributed by atoms with Crippen molar-refractivity contribution in [2.75, 3.05) is 20.6 Å². The van der Waals surface area contributed by atoms with E-state index in [1.54, 1.807) is 0 Å². The SMILES string of the molecule is CN(C)CCC(SC1CCCCC1)(c1ccccc1)c1ccccc1. The average Bonchev–Trinajstić information content (AvgIpc) is 2.67. The Bertz CT molecular complexity index is 578. The lowest BCUT2D eigenvalue weighted by Gasteiger charge is -2.39. The van der Waals surface area contributed by atoms with Gasteiger partial charge in [-0.05, 0) is 51.0 Å². The van der Waals surface area contributed by atoms with E-state index < -0.39 is 0 Å². The quantitative estimate of drug-likeness (QED) is 0.605. The maximum atomic E-state index is 2.33. The molecular formula is C23H31NS. The first-order valence-electron chi connectivity index (χ1n) is 9.64. The fraction of sp³-hybridized carbons (Fsp3) is 0.478. The Hall–Kier alpha value is -1.25. The van der Waals surface area contributed by atoms with Crippen LogP contribution in [0.1, 0.15) is 49.7 Å². The second kappa shape index (κ2) is 8.91. The fourth-order valence-corrected chi connectivity index (χ4v) is 5.81. The van der Waals surface area contributed by atoms with Crippen LogP contribution in [0.3, 0.4) is 0 Å². The van der Waals surface area contributed by atoms with Gasteiger partial charge in [0.15, 0.2) is 0 Å². The zero-order valence-corrected chi connectivity index (χ0v) is 16.5. The molecule has 0 heterocycles. The van der Waals surface area contributed by atoms with E-state index in [2.05, 4.69) is 91.4 Å². The molecule has 0 aromatic heterocycles. The molecule has 1 aliphatic rings. The van der Waals surface area contributed by atoms with Crippen LogP contribution in [0.4, 0.5) is 0 Å². The Kier molecular flexibility index (Phi) is 6.61. The summed E-state index contributed by atoms with van der Waals surface area (Å²) in [6, 6.07) is 22.4. The van der Waals surface area contributed by atoms with Gasteiger partial charge in [0.2, 0.25) is 0 Å². The topological polar surface area (TPSA) is 3.24 Å². The minimum atomic E-state index is 0.0504. The third-order valence-corrected chi connectivity index (χ3v) is 7.19. The van der Waals surface area contributed by atoms with Crippen molar-refractivity contribution in [2.24, 2.45) is 0 Å². The Labute approximate surface area is 157 Å². The number of thioether (sulfide) groups is 1. The molecule has 2 heteroatoms. The van der Waals surface area contributed by atoms with Crippen LogP contribution in [0, 0.1) is 0 Å². The summed E-state index contributed by atoms with van der Waals surface area (Å²) in [5.41, 5.74) is 2.91. The van der Waals surface area contributed by atoms with Gasteiger partial charge < -0.3 is 4.90 Å². The summed E-state index contributed by atoms with van der Waals surface area (Å²) in [5.74, 6) is 0. The first kappa shape index (κ1) is 18.5. The highest BCUT2D eigenvalue weighted by molar-refractivity contribution is 8.01. The van der Waals surface area contributed by atoms with E-state index in [0.29, 0.717) is 0 Å². The van der Waals surface area contributed by atoms with Crippen molar-refractivity contribution in [3.63, 3.8) is 0 Å². The Morgan fingerprint density at radius 3 is 1.84 bits per heavy atom.